The first kappa shape index (κ1) is 11.5. The van der Waals surface area contributed by atoms with Gasteiger partial charge in [0, 0.05) is 5.39 Å². The lowest BCUT2D eigenvalue weighted by atomic mass is 10.2. The molecule has 0 saturated heterocycles. The molecule has 0 aliphatic carbocycles. The number of ether oxygens (including phenoxy) is 1. The Bertz CT molecular complexity index is 551. The van der Waals surface area contributed by atoms with Crippen LogP contribution in [0.25, 0.3) is 10.9 Å². The molecule has 0 aliphatic rings. The molecule has 0 spiro atoms. The second kappa shape index (κ2) is 4.48. The highest BCUT2D eigenvalue weighted by Gasteiger charge is 2.18. The van der Waals surface area contributed by atoms with E-state index in [9.17, 15) is 13.6 Å². The molecular formula is C11H10F2N2O2. The number of aromatic nitrogens is 2. The van der Waals surface area contributed by atoms with E-state index in [4.69, 9.17) is 0 Å². The van der Waals surface area contributed by atoms with Crippen LogP contribution in [0.2, 0.25) is 0 Å². The smallest absolute Gasteiger partial charge is 0.359 e. The average Bonchev–Trinajstić information content (AvgIpc) is 2.67. The highest BCUT2D eigenvalue weighted by atomic mass is 19.3. The summed E-state index contributed by atoms with van der Waals surface area (Å²) in [6, 6.07) is 6.70. The van der Waals surface area contributed by atoms with Gasteiger partial charge in [-0.2, -0.15) is 5.10 Å². The van der Waals surface area contributed by atoms with Crippen LogP contribution in [0.1, 0.15) is 10.5 Å². The SMILES string of the molecule is COC(=O)c1nn(CC(F)F)c2ccccc12. The molecule has 0 radical (unpaired) electrons. The van der Waals surface area contributed by atoms with Crippen molar-refractivity contribution in [1.82, 2.24) is 9.78 Å². The molecule has 1 aromatic heterocycles. The number of benzene rings is 1. The summed E-state index contributed by atoms with van der Waals surface area (Å²) in [5.41, 5.74) is 0.553. The van der Waals surface area contributed by atoms with Gasteiger partial charge in [0.15, 0.2) is 5.69 Å². The van der Waals surface area contributed by atoms with Crippen molar-refractivity contribution in [2.24, 2.45) is 0 Å². The zero-order chi connectivity index (χ0) is 12.4. The zero-order valence-electron chi connectivity index (χ0n) is 9.06. The summed E-state index contributed by atoms with van der Waals surface area (Å²) in [4.78, 5) is 11.4. The predicted octanol–water partition coefficient (Wildman–Crippen LogP) is 2.09. The number of alkyl halides is 2. The van der Waals surface area contributed by atoms with Crippen LogP contribution in [-0.4, -0.2) is 29.3 Å². The highest BCUT2D eigenvalue weighted by Crippen LogP contribution is 2.19. The Kier molecular flexibility index (Phi) is 3.03. The monoisotopic (exact) mass is 240 g/mol. The zero-order valence-corrected chi connectivity index (χ0v) is 9.06. The number of methoxy groups -OCH3 is 1. The Morgan fingerprint density at radius 3 is 2.82 bits per heavy atom. The number of esters is 1. The third kappa shape index (κ3) is 2.11. The normalized spacial score (nSPS) is 11.1. The summed E-state index contributed by atoms with van der Waals surface area (Å²) in [6.45, 7) is -0.544. The number of carbonyl (C=O) groups excluding carboxylic acids is 1. The maximum Gasteiger partial charge on any atom is 0.359 e. The van der Waals surface area contributed by atoms with Gasteiger partial charge in [0.1, 0.15) is 6.54 Å². The Labute approximate surface area is 95.8 Å². The molecule has 1 aromatic carbocycles. The van der Waals surface area contributed by atoms with Crippen molar-refractivity contribution in [3.8, 4) is 0 Å². The van der Waals surface area contributed by atoms with Crippen LogP contribution >= 0.6 is 0 Å². The minimum atomic E-state index is -2.52. The maximum absolute atomic E-state index is 12.4. The highest BCUT2D eigenvalue weighted by molar-refractivity contribution is 6.02. The van der Waals surface area contributed by atoms with Crippen molar-refractivity contribution in [3.05, 3.63) is 30.0 Å². The standard InChI is InChI=1S/C11H10F2N2O2/c1-17-11(16)10-7-4-2-3-5-8(7)15(14-10)6-9(12)13/h2-5,9H,6H2,1H3. The van der Waals surface area contributed by atoms with E-state index in [1.807, 2.05) is 0 Å². The minimum Gasteiger partial charge on any atom is -0.464 e. The Hall–Kier alpha value is -1.98. The van der Waals surface area contributed by atoms with Crippen LogP contribution in [0.15, 0.2) is 24.3 Å². The maximum atomic E-state index is 12.4. The number of para-hydroxylation sites is 1. The molecule has 1 heterocycles. The molecule has 2 rings (SSSR count). The fourth-order valence-corrected chi connectivity index (χ4v) is 1.64. The van der Waals surface area contributed by atoms with E-state index in [-0.39, 0.29) is 5.69 Å². The van der Waals surface area contributed by atoms with Gasteiger partial charge in [-0.15, -0.1) is 0 Å². The molecule has 0 unspecified atom stereocenters. The van der Waals surface area contributed by atoms with Crippen molar-refractivity contribution in [2.75, 3.05) is 7.11 Å². The number of nitrogens with zero attached hydrogens (tertiary/aromatic N) is 2. The van der Waals surface area contributed by atoms with E-state index in [0.29, 0.717) is 10.9 Å². The van der Waals surface area contributed by atoms with Crippen LogP contribution in [0, 0.1) is 0 Å². The summed E-state index contributed by atoms with van der Waals surface area (Å²) in [7, 11) is 1.23. The Balaban J connectivity index is 2.58. The lowest BCUT2D eigenvalue weighted by molar-refractivity contribution is 0.0592. The molecule has 0 aliphatic heterocycles. The summed E-state index contributed by atoms with van der Waals surface area (Å²) < 4.78 is 30.4. The van der Waals surface area contributed by atoms with Crippen LogP contribution in [0.3, 0.4) is 0 Å². The molecule has 4 nitrogen and oxygen atoms in total. The molecule has 17 heavy (non-hydrogen) atoms. The molecule has 90 valence electrons. The van der Waals surface area contributed by atoms with Gasteiger partial charge in [-0.3, -0.25) is 4.68 Å². The summed E-state index contributed by atoms with van der Waals surface area (Å²) >= 11 is 0. The Morgan fingerprint density at radius 1 is 1.47 bits per heavy atom. The number of carbonyl (C=O) groups is 1. The molecular weight excluding hydrogens is 230 g/mol. The molecule has 0 saturated carbocycles. The fourth-order valence-electron chi connectivity index (χ4n) is 1.64. The van der Waals surface area contributed by atoms with E-state index in [0.717, 1.165) is 4.68 Å². The third-order valence-corrected chi connectivity index (χ3v) is 2.35. The van der Waals surface area contributed by atoms with E-state index in [1.54, 1.807) is 24.3 Å². The van der Waals surface area contributed by atoms with Crippen LogP contribution < -0.4 is 0 Å². The second-order valence-electron chi connectivity index (χ2n) is 3.43. The Morgan fingerprint density at radius 2 is 2.18 bits per heavy atom. The number of fused-ring (bicyclic) bond motifs is 1. The van der Waals surface area contributed by atoms with Crippen LogP contribution in [0.5, 0.6) is 0 Å². The van der Waals surface area contributed by atoms with Gasteiger partial charge in [0.25, 0.3) is 6.43 Å². The lowest BCUT2D eigenvalue weighted by Crippen LogP contribution is -2.10. The second-order valence-corrected chi connectivity index (χ2v) is 3.43. The molecule has 6 heteroatoms. The van der Waals surface area contributed by atoms with Gasteiger partial charge in [-0.05, 0) is 6.07 Å². The number of rotatable bonds is 3. The van der Waals surface area contributed by atoms with Crippen molar-refractivity contribution >= 4 is 16.9 Å². The van der Waals surface area contributed by atoms with Gasteiger partial charge in [-0.25, -0.2) is 13.6 Å². The van der Waals surface area contributed by atoms with Crippen LogP contribution in [-0.2, 0) is 11.3 Å². The molecule has 0 amide bonds. The third-order valence-electron chi connectivity index (χ3n) is 2.35. The lowest BCUT2D eigenvalue weighted by Gasteiger charge is -2.00. The van der Waals surface area contributed by atoms with Gasteiger partial charge < -0.3 is 4.74 Å². The van der Waals surface area contributed by atoms with Gasteiger partial charge in [0.05, 0.1) is 12.6 Å². The van der Waals surface area contributed by atoms with Gasteiger partial charge in [0.2, 0.25) is 0 Å². The van der Waals surface area contributed by atoms with E-state index in [1.165, 1.54) is 7.11 Å². The van der Waals surface area contributed by atoms with Crippen molar-refractivity contribution in [2.45, 2.75) is 13.0 Å². The van der Waals surface area contributed by atoms with Crippen molar-refractivity contribution in [3.63, 3.8) is 0 Å². The quantitative estimate of drug-likeness (QED) is 0.771. The molecule has 0 N–H and O–H groups in total. The van der Waals surface area contributed by atoms with Crippen molar-refractivity contribution in [1.29, 1.82) is 0 Å². The first-order valence-corrected chi connectivity index (χ1v) is 4.95. The summed E-state index contributed by atoms with van der Waals surface area (Å²) in [5.74, 6) is -0.630. The van der Waals surface area contributed by atoms with Gasteiger partial charge >= 0.3 is 5.97 Å². The fraction of sp³-hybridized carbons (Fsp3) is 0.273. The molecule has 0 fully saturated rings. The van der Waals surface area contributed by atoms with E-state index >= 15 is 0 Å². The first-order valence-electron chi connectivity index (χ1n) is 4.95. The van der Waals surface area contributed by atoms with Crippen LogP contribution in [0.4, 0.5) is 8.78 Å². The average molecular weight is 240 g/mol. The molecule has 0 atom stereocenters. The molecule has 2 aromatic rings. The van der Waals surface area contributed by atoms with Gasteiger partial charge in [-0.1, -0.05) is 18.2 Å². The van der Waals surface area contributed by atoms with E-state index in [2.05, 4.69) is 9.84 Å². The van der Waals surface area contributed by atoms with E-state index < -0.39 is 18.9 Å². The summed E-state index contributed by atoms with van der Waals surface area (Å²) in [5, 5.41) is 4.38. The van der Waals surface area contributed by atoms with Crippen molar-refractivity contribution < 1.29 is 18.3 Å². The predicted molar refractivity (Wildman–Crippen MR) is 57.1 cm³/mol. The minimum absolute atomic E-state index is 0.0590. The topological polar surface area (TPSA) is 44.1 Å². The summed E-state index contributed by atoms with van der Waals surface area (Å²) in [6.07, 6.45) is -2.52. The number of halogens is 2. The molecule has 0 bridgehead atoms. The largest absolute Gasteiger partial charge is 0.464 e. The number of hydrogen-bond donors (Lipinski definition) is 0. The number of hydrogen-bond acceptors (Lipinski definition) is 3. The first-order chi connectivity index (χ1) is 8.13.